The van der Waals surface area contributed by atoms with E-state index in [2.05, 4.69) is 10.3 Å². The number of benzene rings is 1. The maximum atomic E-state index is 12.9. The number of nitrogens with one attached hydrogen (secondary N) is 1. The number of aryl methyl sites for hydroxylation is 2. The number of anilines is 1. The van der Waals surface area contributed by atoms with Crippen molar-refractivity contribution >= 4 is 23.2 Å². The molecule has 0 bridgehead atoms. The molecule has 2 rings (SSSR count). The molecule has 0 fully saturated rings. The van der Waals surface area contributed by atoms with Gasteiger partial charge in [0, 0.05) is 23.6 Å². The average Bonchev–Trinajstić information content (AvgIpc) is 2.48. The molecule has 122 valence electrons. The third kappa shape index (κ3) is 3.82. The van der Waals surface area contributed by atoms with Crippen molar-refractivity contribution in [2.75, 3.05) is 5.32 Å². The summed E-state index contributed by atoms with van der Waals surface area (Å²) >= 11 is 5.65. The maximum absolute atomic E-state index is 12.9. The molecule has 0 aliphatic heterocycles. The molecule has 1 aromatic heterocycles. The monoisotopic (exact) mass is 342 g/mol. The summed E-state index contributed by atoms with van der Waals surface area (Å²) in [4.78, 5) is 16.3. The van der Waals surface area contributed by atoms with E-state index in [1.165, 1.54) is 18.3 Å². The van der Waals surface area contributed by atoms with Gasteiger partial charge in [-0.2, -0.15) is 13.2 Å². The summed E-state index contributed by atoms with van der Waals surface area (Å²) in [6.07, 6.45) is -0.978. The summed E-state index contributed by atoms with van der Waals surface area (Å²) in [5.74, 6) is -0.484. The molecule has 0 unspecified atom stereocenters. The van der Waals surface area contributed by atoms with E-state index in [-0.39, 0.29) is 5.69 Å². The lowest BCUT2D eigenvalue weighted by Gasteiger charge is -2.15. The molecule has 0 aliphatic rings. The Labute approximate surface area is 136 Å². The first-order valence-corrected chi connectivity index (χ1v) is 7.23. The van der Waals surface area contributed by atoms with Crippen molar-refractivity contribution in [3.05, 3.63) is 57.9 Å². The summed E-state index contributed by atoms with van der Waals surface area (Å²) in [6.45, 7) is 3.44. The van der Waals surface area contributed by atoms with E-state index in [0.717, 1.165) is 6.07 Å². The molecular formula is C16H14ClF3N2O. The van der Waals surface area contributed by atoms with Crippen LogP contribution in [-0.4, -0.2) is 10.9 Å². The number of alkyl halides is 3. The number of rotatable bonds is 3. The SMILES string of the molecule is CCc1cnccc1C(=O)Nc1cc(C(F)(F)F)c(Cl)cc1C. The molecule has 1 aromatic carbocycles. The predicted octanol–water partition coefficient (Wildman–Crippen LogP) is 4.88. The van der Waals surface area contributed by atoms with Crippen LogP contribution in [0.5, 0.6) is 0 Å². The van der Waals surface area contributed by atoms with Crippen LogP contribution in [0.4, 0.5) is 18.9 Å². The van der Waals surface area contributed by atoms with Gasteiger partial charge in [0.05, 0.1) is 10.6 Å². The van der Waals surface area contributed by atoms with Crippen LogP contribution in [0.2, 0.25) is 5.02 Å². The van der Waals surface area contributed by atoms with E-state index in [4.69, 9.17) is 11.6 Å². The Bertz CT molecular complexity index is 745. The second kappa shape index (κ2) is 6.58. The van der Waals surface area contributed by atoms with Crippen LogP contribution in [-0.2, 0) is 12.6 Å². The molecule has 23 heavy (non-hydrogen) atoms. The number of hydrogen-bond acceptors (Lipinski definition) is 2. The highest BCUT2D eigenvalue weighted by molar-refractivity contribution is 6.31. The molecule has 2 aromatic rings. The molecular weight excluding hydrogens is 329 g/mol. The van der Waals surface area contributed by atoms with Crippen LogP contribution in [0.1, 0.15) is 34.0 Å². The number of hydrogen-bond donors (Lipinski definition) is 1. The molecule has 0 radical (unpaired) electrons. The molecule has 0 saturated heterocycles. The van der Waals surface area contributed by atoms with Gasteiger partial charge in [-0.3, -0.25) is 9.78 Å². The van der Waals surface area contributed by atoms with Crippen molar-refractivity contribution in [1.82, 2.24) is 4.98 Å². The number of pyridine rings is 1. The van der Waals surface area contributed by atoms with Gasteiger partial charge < -0.3 is 5.32 Å². The van der Waals surface area contributed by atoms with Gasteiger partial charge in [-0.25, -0.2) is 0 Å². The minimum absolute atomic E-state index is 0.0746. The molecule has 1 amide bonds. The fourth-order valence-electron chi connectivity index (χ4n) is 2.14. The number of amides is 1. The van der Waals surface area contributed by atoms with E-state index in [9.17, 15) is 18.0 Å². The number of halogens is 4. The lowest BCUT2D eigenvalue weighted by atomic mass is 10.1. The van der Waals surface area contributed by atoms with Crippen LogP contribution >= 0.6 is 11.6 Å². The summed E-state index contributed by atoms with van der Waals surface area (Å²) < 4.78 is 38.8. The third-order valence-corrected chi connectivity index (χ3v) is 3.71. The van der Waals surface area contributed by atoms with Crippen molar-refractivity contribution in [1.29, 1.82) is 0 Å². The van der Waals surface area contributed by atoms with E-state index in [1.807, 2.05) is 6.92 Å². The fourth-order valence-corrected chi connectivity index (χ4v) is 2.47. The van der Waals surface area contributed by atoms with E-state index >= 15 is 0 Å². The molecule has 0 atom stereocenters. The molecule has 3 nitrogen and oxygen atoms in total. The van der Waals surface area contributed by atoms with Gasteiger partial charge in [0.15, 0.2) is 0 Å². The standard InChI is InChI=1S/C16H14ClF3N2O/c1-3-10-8-21-5-4-11(10)15(23)22-14-7-12(16(18,19)20)13(17)6-9(14)2/h4-8H,3H2,1-2H3,(H,22,23). The summed E-state index contributed by atoms with van der Waals surface area (Å²) in [5.41, 5.74) is 0.637. The van der Waals surface area contributed by atoms with Crippen molar-refractivity contribution < 1.29 is 18.0 Å². The van der Waals surface area contributed by atoms with Crippen molar-refractivity contribution in [2.45, 2.75) is 26.4 Å². The first-order chi connectivity index (χ1) is 10.7. The van der Waals surface area contributed by atoms with Crippen molar-refractivity contribution in [3.63, 3.8) is 0 Å². The van der Waals surface area contributed by atoms with Gasteiger partial charge in [0.25, 0.3) is 5.91 Å². The predicted molar refractivity (Wildman–Crippen MR) is 82.8 cm³/mol. The Morgan fingerprint density at radius 3 is 2.65 bits per heavy atom. The molecule has 0 aliphatic carbocycles. The zero-order valence-corrected chi connectivity index (χ0v) is 13.2. The van der Waals surface area contributed by atoms with Gasteiger partial charge in [0.2, 0.25) is 0 Å². The lowest BCUT2D eigenvalue weighted by molar-refractivity contribution is -0.137. The highest BCUT2D eigenvalue weighted by atomic mass is 35.5. The first kappa shape index (κ1) is 17.3. The van der Waals surface area contributed by atoms with Gasteiger partial charge in [-0.05, 0) is 42.7 Å². The topological polar surface area (TPSA) is 42.0 Å². The van der Waals surface area contributed by atoms with Crippen LogP contribution in [0.3, 0.4) is 0 Å². The van der Waals surface area contributed by atoms with Crippen molar-refractivity contribution in [2.24, 2.45) is 0 Å². The second-order valence-corrected chi connectivity index (χ2v) is 5.39. The maximum Gasteiger partial charge on any atom is 0.417 e. The molecule has 1 N–H and O–H groups in total. The normalized spacial score (nSPS) is 11.4. The second-order valence-electron chi connectivity index (χ2n) is 4.99. The number of carbonyl (C=O) groups is 1. The van der Waals surface area contributed by atoms with E-state index in [0.29, 0.717) is 23.1 Å². The van der Waals surface area contributed by atoms with Gasteiger partial charge in [-0.15, -0.1) is 0 Å². The summed E-state index contributed by atoms with van der Waals surface area (Å²) in [6, 6.07) is 3.57. The van der Waals surface area contributed by atoms with Gasteiger partial charge in [-0.1, -0.05) is 18.5 Å². The largest absolute Gasteiger partial charge is 0.417 e. The Balaban J connectivity index is 2.38. The smallest absolute Gasteiger partial charge is 0.322 e. The highest BCUT2D eigenvalue weighted by Gasteiger charge is 2.34. The minimum atomic E-state index is -4.59. The van der Waals surface area contributed by atoms with Crippen LogP contribution < -0.4 is 5.32 Å². The highest BCUT2D eigenvalue weighted by Crippen LogP contribution is 2.37. The Kier molecular flexibility index (Phi) is 4.94. The number of nitrogens with zero attached hydrogens (tertiary/aromatic N) is 1. The number of aromatic nitrogens is 1. The van der Waals surface area contributed by atoms with Crippen molar-refractivity contribution in [3.8, 4) is 0 Å². The molecule has 1 heterocycles. The summed E-state index contributed by atoms with van der Waals surface area (Å²) in [5, 5.41) is 2.12. The van der Waals surface area contributed by atoms with Crippen LogP contribution in [0, 0.1) is 6.92 Å². The van der Waals surface area contributed by atoms with Gasteiger partial charge >= 0.3 is 6.18 Å². The van der Waals surface area contributed by atoms with Crippen LogP contribution in [0.25, 0.3) is 0 Å². The zero-order valence-electron chi connectivity index (χ0n) is 12.5. The van der Waals surface area contributed by atoms with Crippen LogP contribution in [0.15, 0.2) is 30.6 Å². The summed E-state index contributed by atoms with van der Waals surface area (Å²) in [7, 11) is 0. The first-order valence-electron chi connectivity index (χ1n) is 6.85. The molecule has 0 spiro atoms. The third-order valence-electron chi connectivity index (χ3n) is 3.40. The Morgan fingerprint density at radius 1 is 1.35 bits per heavy atom. The molecule has 0 saturated carbocycles. The average molecular weight is 343 g/mol. The lowest BCUT2D eigenvalue weighted by Crippen LogP contribution is -2.16. The number of carbonyl (C=O) groups excluding carboxylic acids is 1. The van der Waals surface area contributed by atoms with E-state index < -0.39 is 22.7 Å². The fraction of sp³-hybridized carbons (Fsp3) is 0.250. The minimum Gasteiger partial charge on any atom is -0.322 e. The quantitative estimate of drug-likeness (QED) is 0.864. The van der Waals surface area contributed by atoms with Gasteiger partial charge in [0.1, 0.15) is 0 Å². The zero-order chi connectivity index (χ0) is 17.2. The molecule has 7 heteroatoms. The Morgan fingerprint density at radius 2 is 2.04 bits per heavy atom. The van der Waals surface area contributed by atoms with E-state index in [1.54, 1.807) is 13.1 Å². The Hall–Kier alpha value is -2.08.